The van der Waals surface area contributed by atoms with Crippen molar-refractivity contribution in [2.75, 3.05) is 13.1 Å². The van der Waals surface area contributed by atoms with E-state index >= 15 is 0 Å². The van der Waals surface area contributed by atoms with Gasteiger partial charge < -0.3 is 4.52 Å². The van der Waals surface area contributed by atoms with Crippen LogP contribution >= 0.6 is 0 Å². The van der Waals surface area contributed by atoms with E-state index in [0.717, 1.165) is 49.3 Å². The van der Waals surface area contributed by atoms with Crippen LogP contribution in [0.3, 0.4) is 0 Å². The van der Waals surface area contributed by atoms with Crippen molar-refractivity contribution in [3.05, 3.63) is 46.6 Å². The normalized spacial score (nSPS) is 17.6. The van der Waals surface area contributed by atoms with E-state index in [4.69, 9.17) is 4.52 Å². The molecule has 0 radical (unpaired) electrons. The summed E-state index contributed by atoms with van der Waals surface area (Å²) in [4.78, 5) is 19.6. The van der Waals surface area contributed by atoms with E-state index in [-0.39, 0.29) is 17.7 Å². The highest BCUT2D eigenvalue weighted by Gasteiger charge is 2.30. The van der Waals surface area contributed by atoms with E-state index in [2.05, 4.69) is 35.0 Å². The fourth-order valence-electron chi connectivity index (χ4n) is 3.60. The standard InChI is InChI=1S/C20H27N3O2/c1-5-18-21-20(25-22-18)15(4)23-10-8-16(9-11-23)19(24)17-7-6-13(2)12-14(17)3/h6-7,12,15-16H,5,8-11H2,1-4H3/t15-/m0/s1. The minimum Gasteiger partial charge on any atom is -0.338 e. The Hall–Kier alpha value is -2.01. The Labute approximate surface area is 149 Å². The predicted molar refractivity (Wildman–Crippen MR) is 96.6 cm³/mol. The molecule has 0 spiro atoms. The van der Waals surface area contributed by atoms with Crippen molar-refractivity contribution in [3.63, 3.8) is 0 Å². The van der Waals surface area contributed by atoms with E-state index in [1.54, 1.807) is 0 Å². The predicted octanol–water partition coefficient (Wildman–Crippen LogP) is 3.90. The second-order valence-electron chi connectivity index (χ2n) is 7.07. The van der Waals surface area contributed by atoms with Crippen LogP contribution in [-0.4, -0.2) is 33.9 Å². The Kier molecular flexibility index (Phi) is 5.33. The van der Waals surface area contributed by atoms with Gasteiger partial charge in [0.25, 0.3) is 0 Å². The first-order valence-corrected chi connectivity index (χ1v) is 9.17. The van der Waals surface area contributed by atoms with Gasteiger partial charge in [0, 0.05) is 17.9 Å². The first-order chi connectivity index (χ1) is 12.0. The molecule has 0 unspecified atom stereocenters. The summed E-state index contributed by atoms with van der Waals surface area (Å²) < 4.78 is 5.37. The molecule has 25 heavy (non-hydrogen) atoms. The number of nitrogens with zero attached hydrogens (tertiary/aromatic N) is 3. The lowest BCUT2D eigenvalue weighted by atomic mass is 9.86. The van der Waals surface area contributed by atoms with Gasteiger partial charge in [0.05, 0.1) is 6.04 Å². The van der Waals surface area contributed by atoms with Gasteiger partial charge in [0.15, 0.2) is 11.6 Å². The van der Waals surface area contributed by atoms with Gasteiger partial charge in [-0.25, -0.2) is 0 Å². The molecule has 3 rings (SSSR count). The smallest absolute Gasteiger partial charge is 0.243 e. The lowest BCUT2D eigenvalue weighted by molar-refractivity contribution is 0.0774. The Morgan fingerprint density at radius 3 is 2.64 bits per heavy atom. The second kappa shape index (κ2) is 7.48. The fourth-order valence-corrected chi connectivity index (χ4v) is 3.60. The summed E-state index contributed by atoms with van der Waals surface area (Å²) in [5, 5.41) is 3.98. The van der Waals surface area contributed by atoms with Crippen molar-refractivity contribution in [2.24, 2.45) is 5.92 Å². The van der Waals surface area contributed by atoms with Crippen LogP contribution in [0.5, 0.6) is 0 Å². The van der Waals surface area contributed by atoms with E-state index in [1.165, 1.54) is 5.56 Å². The van der Waals surface area contributed by atoms with Gasteiger partial charge in [-0.1, -0.05) is 35.8 Å². The van der Waals surface area contributed by atoms with Gasteiger partial charge in [-0.15, -0.1) is 0 Å². The summed E-state index contributed by atoms with van der Waals surface area (Å²) >= 11 is 0. The van der Waals surface area contributed by atoms with Crippen LogP contribution in [-0.2, 0) is 6.42 Å². The monoisotopic (exact) mass is 341 g/mol. The Morgan fingerprint density at radius 2 is 2.04 bits per heavy atom. The van der Waals surface area contributed by atoms with E-state index in [9.17, 15) is 4.79 Å². The van der Waals surface area contributed by atoms with E-state index in [1.807, 2.05) is 26.0 Å². The quantitative estimate of drug-likeness (QED) is 0.772. The third-order valence-electron chi connectivity index (χ3n) is 5.25. The van der Waals surface area contributed by atoms with Gasteiger partial charge in [-0.2, -0.15) is 4.98 Å². The number of rotatable bonds is 5. The molecular weight excluding hydrogens is 314 g/mol. The molecule has 0 bridgehead atoms. The van der Waals surface area contributed by atoms with Gasteiger partial charge in [-0.3, -0.25) is 9.69 Å². The van der Waals surface area contributed by atoms with Crippen LogP contribution in [0.15, 0.2) is 22.7 Å². The molecule has 1 atom stereocenters. The number of ketones is 1. The average Bonchev–Trinajstić information content (AvgIpc) is 3.10. The van der Waals surface area contributed by atoms with Crippen molar-refractivity contribution < 1.29 is 9.32 Å². The molecule has 1 fully saturated rings. The van der Waals surface area contributed by atoms with Crippen LogP contribution in [0.2, 0.25) is 0 Å². The molecule has 2 aromatic rings. The SMILES string of the molecule is CCc1noc([C@H](C)N2CCC(C(=O)c3ccc(C)cc3C)CC2)n1. The minimum atomic E-state index is 0.102. The Balaban J connectivity index is 1.62. The summed E-state index contributed by atoms with van der Waals surface area (Å²) in [6, 6.07) is 6.20. The molecule has 1 aromatic heterocycles. The lowest BCUT2D eigenvalue weighted by Gasteiger charge is -2.34. The molecule has 0 amide bonds. The Morgan fingerprint density at radius 1 is 1.32 bits per heavy atom. The lowest BCUT2D eigenvalue weighted by Crippen LogP contribution is -2.38. The first-order valence-electron chi connectivity index (χ1n) is 9.17. The summed E-state index contributed by atoms with van der Waals surface area (Å²) in [6.07, 6.45) is 2.54. The number of aryl methyl sites for hydroxylation is 3. The zero-order chi connectivity index (χ0) is 18.0. The maximum Gasteiger partial charge on any atom is 0.243 e. The average molecular weight is 341 g/mol. The van der Waals surface area contributed by atoms with E-state index < -0.39 is 0 Å². The highest BCUT2D eigenvalue weighted by Crippen LogP contribution is 2.28. The second-order valence-corrected chi connectivity index (χ2v) is 7.07. The minimum absolute atomic E-state index is 0.102. The van der Waals surface area contributed by atoms with Gasteiger partial charge in [-0.05, 0) is 52.3 Å². The van der Waals surface area contributed by atoms with Crippen LogP contribution in [0.25, 0.3) is 0 Å². The molecule has 2 heterocycles. The Bertz CT molecular complexity index is 745. The zero-order valence-corrected chi connectivity index (χ0v) is 15.6. The van der Waals surface area contributed by atoms with Crippen LogP contribution in [0, 0.1) is 19.8 Å². The van der Waals surface area contributed by atoms with Crippen molar-refractivity contribution in [1.82, 2.24) is 15.0 Å². The van der Waals surface area contributed by atoms with E-state index in [0.29, 0.717) is 5.89 Å². The molecule has 5 nitrogen and oxygen atoms in total. The van der Waals surface area contributed by atoms with Crippen molar-refractivity contribution in [3.8, 4) is 0 Å². The highest BCUT2D eigenvalue weighted by atomic mass is 16.5. The van der Waals surface area contributed by atoms with Gasteiger partial charge in [0.1, 0.15) is 0 Å². The van der Waals surface area contributed by atoms with Crippen molar-refractivity contribution >= 4 is 5.78 Å². The molecule has 1 aliphatic rings. The maximum absolute atomic E-state index is 12.9. The van der Waals surface area contributed by atoms with Crippen LogP contribution < -0.4 is 0 Å². The molecule has 1 aromatic carbocycles. The van der Waals surface area contributed by atoms with Crippen LogP contribution in [0.1, 0.15) is 65.9 Å². The number of benzene rings is 1. The summed E-state index contributed by atoms with van der Waals surface area (Å²) in [5.74, 6) is 1.83. The largest absolute Gasteiger partial charge is 0.338 e. The number of hydrogen-bond donors (Lipinski definition) is 0. The number of hydrogen-bond acceptors (Lipinski definition) is 5. The zero-order valence-electron chi connectivity index (χ0n) is 15.6. The topological polar surface area (TPSA) is 59.2 Å². The molecule has 0 aliphatic carbocycles. The van der Waals surface area contributed by atoms with Crippen molar-refractivity contribution in [1.29, 1.82) is 0 Å². The number of likely N-dealkylation sites (tertiary alicyclic amines) is 1. The third-order valence-corrected chi connectivity index (χ3v) is 5.25. The molecule has 5 heteroatoms. The molecule has 134 valence electrons. The van der Waals surface area contributed by atoms with Crippen LogP contribution in [0.4, 0.5) is 0 Å². The number of aromatic nitrogens is 2. The fraction of sp³-hybridized carbons (Fsp3) is 0.550. The summed E-state index contributed by atoms with van der Waals surface area (Å²) in [7, 11) is 0. The summed E-state index contributed by atoms with van der Waals surface area (Å²) in [6.45, 7) is 9.96. The first kappa shape index (κ1) is 17.8. The number of carbonyl (C=O) groups excluding carboxylic acids is 1. The van der Waals surface area contributed by atoms with Gasteiger partial charge in [0.2, 0.25) is 5.89 Å². The molecule has 0 saturated carbocycles. The number of Topliss-reactive ketones (excluding diaryl/α,β-unsaturated/α-hetero) is 1. The van der Waals surface area contributed by atoms with Gasteiger partial charge >= 0.3 is 0 Å². The number of piperidine rings is 1. The number of carbonyl (C=O) groups is 1. The summed E-state index contributed by atoms with van der Waals surface area (Å²) in [5.41, 5.74) is 3.16. The highest BCUT2D eigenvalue weighted by molar-refractivity contribution is 5.99. The molecule has 1 saturated heterocycles. The van der Waals surface area contributed by atoms with Crippen molar-refractivity contribution in [2.45, 2.75) is 53.0 Å². The maximum atomic E-state index is 12.9. The molecular formula is C20H27N3O2. The molecule has 1 aliphatic heterocycles. The molecule has 0 N–H and O–H groups in total. The third kappa shape index (κ3) is 3.82.